The Morgan fingerprint density at radius 2 is 2.07 bits per heavy atom. The number of rotatable bonds is 4. The lowest BCUT2D eigenvalue weighted by Crippen LogP contribution is -2.42. The van der Waals surface area contributed by atoms with Crippen LogP contribution >= 0.6 is 0 Å². The maximum absolute atomic E-state index is 7.44. The highest BCUT2D eigenvalue weighted by molar-refractivity contribution is 5.82. The largest absolute Gasteiger partial charge is 0.386 e. The van der Waals surface area contributed by atoms with Crippen molar-refractivity contribution in [3.05, 3.63) is 0 Å². The fourth-order valence-corrected chi connectivity index (χ4v) is 2.32. The van der Waals surface area contributed by atoms with Crippen molar-refractivity contribution in [1.29, 1.82) is 5.41 Å². The highest BCUT2D eigenvalue weighted by Crippen LogP contribution is 2.37. The van der Waals surface area contributed by atoms with E-state index in [0.29, 0.717) is 11.3 Å². The molecule has 82 valence electrons. The van der Waals surface area contributed by atoms with Crippen molar-refractivity contribution < 1.29 is 0 Å². The summed E-state index contributed by atoms with van der Waals surface area (Å²) in [4.78, 5) is 2.34. The average Bonchev–Trinajstić information content (AvgIpc) is 2.61. The summed E-state index contributed by atoms with van der Waals surface area (Å²) in [5.74, 6) is 0.299. The van der Waals surface area contributed by atoms with E-state index in [1.54, 1.807) is 0 Å². The van der Waals surface area contributed by atoms with Crippen LogP contribution in [0.5, 0.6) is 0 Å². The van der Waals surface area contributed by atoms with Crippen LogP contribution in [0, 0.1) is 10.8 Å². The van der Waals surface area contributed by atoms with E-state index in [-0.39, 0.29) is 6.04 Å². The maximum atomic E-state index is 7.44. The van der Waals surface area contributed by atoms with Gasteiger partial charge in [0, 0.05) is 6.54 Å². The van der Waals surface area contributed by atoms with Gasteiger partial charge in [-0.15, -0.1) is 0 Å². The van der Waals surface area contributed by atoms with Gasteiger partial charge in [0.25, 0.3) is 0 Å². The zero-order valence-electron chi connectivity index (χ0n) is 9.64. The molecule has 0 spiro atoms. The topological polar surface area (TPSA) is 53.1 Å². The van der Waals surface area contributed by atoms with Crippen LogP contribution in [-0.2, 0) is 0 Å². The third-order valence-corrected chi connectivity index (χ3v) is 3.97. The summed E-state index contributed by atoms with van der Waals surface area (Å²) in [6, 6.07) is 0.120. The number of amidine groups is 1. The van der Waals surface area contributed by atoms with Crippen molar-refractivity contribution in [2.75, 3.05) is 13.1 Å². The number of nitrogens with two attached hydrogens (primary N) is 1. The lowest BCUT2D eigenvalue weighted by Gasteiger charge is -2.28. The van der Waals surface area contributed by atoms with E-state index in [0.717, 1.165) is 13.1 Å². The lowest BCUT2D eigenvalue weighted by molar-refractivity contribution is 0.229. The van der Waals surface area contributed by atoms with Crippen LogP contribution in [0.2, 0.25) is 0 Å². The fraction of sp³-hybridized carbons (Fsp3) is 0.909. The van der Waals surface area contributed by atoms with Crippen molar-refractivity contribution in [1.82, 2.24) is 4.90 Å². The van der Waals surface area contributed by atoms with Gasteiger partial charge in [0.15, 0.2) is 0 Å². The standard InChI is InChI=1S/C11H23N3/c1-4-11(5-2)6-7-14(8-11)9(3)10(12)13/h9H,4-8H2,1-3H3,(H3,12,13). The van der Waals surface area contributed by atoms with Crippen molar-refractivity contribution in [3.63, 3.8) is 0 Å². The first kappa shape index (κ1) is 11.5. The molecule has 0 aliphatic carbocycles. The Kier molecular flexibility index (Phi) is 3.53. The van der Waals surface area contributed by atoms with E-state index in [2.05, 4.69) is 18.7 Å². The lowest BCUT2D eigenvalue weighted by atomic mass is 9.82. The maximum Gasteiger partial charge on any atom is 0.108 e. The third-order valence-electron chi connectivity index (χ3n) is 3.97. The molecule has 0 aromatic carbocycles. The SMILES string of the molecule is CCC1(CC)CCN(C(C)C(=N)N)C1. The second-order valence-electron chi connectivity index (χ2n) is 4.56. The Hall–Kier alpha value is -0.570. The summed E-state index contributed by atoms with van der Waals surface area (Å²) in [6.07, 6.45) is 3.74. The minimum Gasteiger partial charge on any atom is -0.386 e. The Morgan fingerprint density at radius 3 is 2.43 bits per heavy atom. The second-order valence-corrected chi connectivity index (χ2v) is 4.56. The van der Waals surface area contributed by atoms with Gasteiger partial charge in [0.05, 0.1) is 6.04 Å². The Bertz CT molecular complexity index is 209. The summed E-state index contributed by atoms with van der Waals surface area (Å²) in [5.41, 5.74) is 6.02. The summed E-state index contributed by atoms with van der Waals surface area (Å²) in [5, 5.41) is 7.44. The van der Waals surface area contributed by atoms with Crippen LogP contribution in [-0.4, -0.2) is 29.9 Å². The molecule has 1 atom stereocenters. The van der Waals surface area contributed by atoms with Crippen LogP contribution in [0.25, 0.3) is 0 Å². The van der Waals surface area contributed by atoms with Crippen molar-refractivity contribution >= 4 is 5.84 Å². The first-order chi connectivity index (χ1) is 6.54. The van der Waals surface area contributed by atoms with Crippen LogP contribution in [0.3, 0.4) is 0 Å². The first-order valence-electron chi connectivity index (χ1n) is 5.62. The molecule has 1 aliphatic rings. The minimum atomic E-state index is 0.120. The van der Waals surface area contributed by atoms with Crippen molar-refractivity contribution in [3.8, 4) is 0 Å². The van der Waals surface area contributed by atoms with E-state index in [1.807, 2.05) is 6.92 Å². The zero-order valence-corrected chi connectivity index (χ0v) is 9.64. The second kappa shape index (κ2) is 4.30. The fourth-order valence-electron chi connectivity index (χ4n) is 2.32. The molecular weight excluding hydrogens is 174 g/mol. The third kappa shape index (κ3) is 2.08. The first-order valence-corrected chi connectivity index (χ1v) is 5.62. The van der Waals surface area contributed by atoms with E-state index in [4.69, 9.17) is 11.1 Å². The van der Waals surface area contributed by atoms with Crippen LogP contribution in [0.4, 0.5) is 0 Å². The van der Waals surface area contributed by atoms with Gasteiger partial charge in [0.1, 0.15) is 5.84 Å². The summed E-state index contributed by atoms with van der Waals surface area (Å²) < 4.78 is 0. The van der Waals surface area contributed by atoms with Gasteiger partial charge in [-0.2, -0.15) is 0 Å². The molecule has 3 heteroatoms. The van der Waals surface area contributed by atoms with Crippen LogP contribution in [0.1, 0.15) is 40.0 Å². The summed E-state index contributed by atoms with van der Waals surface area (Å²) in [7, 11) is 0. The number of hydrogen-bond acceptors (Lipinski definition) is 2. The molecule has 1 rings (SSSR count). The van der Waals surface area contributed by atoms with Gasteiger partial charge in [-0.3, -0.25) is 10.3 Å². The Morgan fingerprint density at radius 1 is 1.50 bits per heavy atom. The molecule has 3 nitrogen and oxygen atoms in total. The molecule has 1 fully saturated rings. The molecule has 1 aliphatic heterocycles. The average molecular weight is 197 g/mol. The molecule has 14 heavy (non-hydrogen) atoms. The highest BCUT2D eigenvalue weighted by atomic mass is 15.2. The van der Waals surface area contributed by atoms with Crippen molar-refractivity contribution in [2.45, 2.75) is 46.1 Å². The molecule has 1 saturated heterocycles. The molecule has 0 saturated carbocycles. The highest BCUT2D eigenvalue weighted by Gasteiger charge is 2.37. The van der Waals surface area contributed by atoms with Gasteiger partial charge < -0.3 is 5.73 Å². The molecule has 1 heterocycles. The molecule has 0 radical (unpaired) electrons. The van der Waals surface area contributed by atoms with Crippen LogP contribution < -0.4 is 5.73 Å². The van der Waals surface area contributed by atoms with Gasteiger partial charge in [-0.05, 0) is 38.1 Å². The quantitative estimate of drug-likeness (QED) is 0.533. The molecule has 0 bridgehead atoms. The molecular formula is C11H23N3. The monoisotopic (exact) mass is 197 g/mol. The number of nitrogens with zero attached hydrogens (tertiary/aromatic N) is 1. The van der Waals surface area contributed by atoms with Gasteiger partial charge in [0.2, 0.25) is 0 Å². The van der Waals surface area contributed by atoms with Gasteiger partial charge in [-0.25, -0.2) is 0 Å². The van der Waals surface area contributed by atoms with Crippen LogP contribution in [0.15, 0.2) is 0 Å². The molecule has 0 amide bonds. The summed E-state index contributed by atoms with van der Waals surface area (Å²) in [6.45, 7) is 8.78. The smallest absolute Gasteiger partial charge is 0.108 e. The summed E-state index contributed by atoms with van der Waals surface area (Å²) >= 11 is 0. The van der Waals surface area contributed by atoms with Gasteiger partial charge >= 0.3 is 0 Å². The van der Waals surface area contributed by atoms with Crippen molar-refractivity contribution in [2.24, 2.45) is 11.1 Å². The number of nitrogens with one attached hydrogen (secondary N) is 1. The van der Waals surface area contributed by atoms with E-state index < -0.39 is 0 Å². The Balaban J connectivity index is 2.60. The predicted molar refractivity (Wildman–Crippen MR) is 60.6 cm³/mol. The molecule has 1 unspecified atom stereocenters. The van der Waals surface area contributed by atoms with Gasteiger partial charge in [-0.1, -0.05) is 13.8 Å². The van der Waals surface area contributed by atoms with E-state index >= 15 is 0 Å². The Labute approximate surface area is 87.2 Å². The number of hydrogen-bond donors (Lipinski definition) is 2. The molecule has 3 N–H and O–H groups in total. The molecule has 0 aromatic heterocycles. The number of likely N-dealkylation sites (tertiary alicyclic amines) is 1. The zero-order chi connectivity index (χ0) is 10.8. The minimum absolute atomic E-state index is 0.120. The molecule has 0 aromatic rings. The predicted octanol–water partition coefficient (Wildman–Crippen LogP) is 1.82. The normalized spacial score (nSPS) is 23.6. The van der Waals surface area contributed by atoms with E-state index in [9.17, 15) is 0 Å². The van der Waals surface area contributed by atoms with E-state index in [1.165, 1.54) is 19.3 Å².